The number of carbonyl (C=O) groups is 2. The van der Waals surface area contributed by atoms with E-state index in [1.54, 1.807) is 0 Å². The van der Waals surface area contributed by atoms with Gasteiger partial charge in [0, 0.05) is 0 Å². The molecule has 0 spiro atoms. The van der Waals surface area contributed by atoms with Gasteiger partial charge in [0.2, 0.25) is 0 Å². The first-order valence-corrected chi connectivity index (χ1v) is 3.18. The van der Waals surface area contributed by atoms with E-state index in [1.807, 2.05) is 0 Å². The zero-order valence-corrected chi connectivity index (χ0v) is 6.02. The zero-order valence-electron chi connectivity index (χ0n) is 6.02. The number of carboxylic acid groups (broad SMARTS) is 2. The first-order chi connectivity index (χ1) is 5.61. The van der Waals surface area contributed by atoms with Crippen LogP contribution in [0, 0.1) is 0 Å². The second kappa shape index (κ2) is 5.51. The van der Waals surface area contributed by atoms with Crippen LogP contribution in [-0.4, -0.2) is 73.5 Å². The van der Waals surface area contributed by atoms with Gasteiger partial charge in [-0.3, -0.25) is 0 Å². The number of benzene rings is 1. The van der Waals surface area contributed by atoms with Crippen molar-refractivity contribution in [1.29, 1.82) is 0 Å². The van der Waals surface area contributed by atoms with Crippen LogP contribution in [0.3, 0.4) is 0 Å². The molecular formula is C8H7KO4. The summed E-state index contributed by atoms with van der Waals surface area (Å²) in [6, 6.07) is 5.20. The first kappa shape index (κ1) is 12.8. The summed E-state index contributed by atoms with van der Waals surface area (Å²) >= 11 is 0. The maximum atomic E-state index is 10.4. The van der Waals surface area contributed by atoms with E-state index in [4.69, 9.17) is 10.2 Å². The van der Waals surface area contributed by atoms with Gasteiger partial charge in [-0.2, -0.15) is 0 Å². The Balaban J connectivity index is 0.00000144. The van der Waals surface area contributed by atoms with Gasteiger partial charge in [-0.15, -0.1) is 0 Å². The van der Waals surface area contributed by atoms with Crippen LogP contribution in [0.5, 0.6) is 0 Å². The summed E-state index contributed by atoms with van der Waals surface area (Å²) in [5.74, 6) is -2.25. The van der Waals surface area contributed by atoms with E-state index in [0.717, 1.165) is 6.07 Å². The van der Waals surface area contributed by atoms with E-state index in [1.165, 1.54) is 18.2 Å². The Hall–Kier alpha value is -0.204. The van der Waals surface area contributed by atoms with Crippen molar-refractivity contribution < 1.29 is 19.8 Å². The summed E-state index contributed by atoms with van der Waals surface area (Å²) in [5.41, 5.74) is -0.0372. The van der Waals surface area contributed by atoms with Gasteiger partial charge in [0.15, 0.2) is 0 Å². The van der Waals surface area contributed by atoms with Crippen LogP contribution in [0.1, 0.15) is 20.7 Å². The summed E-state index contributed by atoms with van der Waals surface area (Å²) < 4.78 is 0. The summed E-state index contributed by atoms with van der Waals surface area (Å²) in [6.07, 6.45) is 0. The van der Waals surface area contributed by atoms with Crippen molar-refractivity contribution in [2.75, 3.05) is 0 Å². The minimum atomic E-state index is -1.13. The predicted octanol–water partition coefficient (Wildman–Crippen LogP) is 0.434. The fourth-order valence-electron chi connectivity index (χ4n) is 0.785. The van der Waals surface area contributed by atoms with Crippen LogP contribution in [0.25, 0.3) is 0 Å². The molecule has 64 valence electrons. The van der Waals surface area contributed by atoms with Crippen LogP contribution in [0.15, 0.2) is 24.3 Å². The summed E-state index contributed by atoms with van der Waals surface area (Å²) in [6.45, 7) is 0. The van der Waals surface area contributed by atoms with Gasteiger partial charge in [-0.25, -0.2) is 9.59 Å². The third-order valence-corrected chi connectivity index (χ3v) is 1.36. The molecule has 0 fully saturated rings. The fraction of sp³-hybridized carbons (Fsp3) is 0. The first-order valence-electron chi connectivity index (χ1n) is 3.18. The minimum absolute atomic E-state index is 0. The van der Waals surface area contributed by atoms with Crippen molar-refractivity contribution >= 4 is 63.3 Å². The van der Waals surface area contributed by atoms with E-state index < -0.39 is 11.9 Å². The molecule has 0 saturated carbocycles. The fourth-order valence-corrected chi connectivity index (χ4v) is 0.785. The molecule has 0 atom stereocenters. The van der Waals surface area contributed by atoms with E-state index in [2.05, 4.69) is 0 Å². The molecular weight excluding hydrogens is 199 g/mol. The van der Waals surface area contributed by atoms with Gasteiger partial charge < -0.3 is 10.2 Å². The topological polar surface area (TPSA) is 74.6 Å². The Morgan fingerprint density at radius 1 is 1.00 bits per heavy atom. The summed E-state index contributed by atoms with van der Waals surface area (Å²) in [4.78, 5) is 20.8. The van der Waals surface area contributed by atoms with Crippen molar-refractivity contribution in [3.8, 4) is 0 Å². The van der Waals surface area contributed by atoms with Crippen molar-refractivity contribution in [2.45, 2.75) is 0 Å². The Kier molecular flexibility index (Phi) is 5.42. The Morgan fingerprint density at radius 3 is 1.69 bits per heavy atom. The molecule has 0 aliphatic rings. The average Bonchev–Trinajstić information content (AvgIpc) is 2.04. The molecule has 4 nitrogen and oxygen atoms in total. The second-order valence-corrected chi connectivity index (χ2v) is 2.19. The maximum absolute atomic E-state index is 10.4. The molecule has 0 aromatic heterocycles. The SMILES string of the molecule is O=C(O)c1cccc(C(=O)O)c1.[KH]. The van der Waals surface area contributed by atoms with Gasteiger partial charge in [-0.1, -0.05) is 6.07 Å². The summed E-state index contributed by atoms with van der Waals surface area (Å²) in [7, 11) is 0. The van der Waals surface area contributed by atoms with Crippen LogP contribution < -0.4 is 0 Å². The quantitative estimate of drug-likeness (QED) is 0.688. The van der Waals surface area contributed by atoms with E-state index in [-0.39, 0.29) is 62.5 Å². The standard InChI is InChI=1S/C8H6O4.K.H/c9-7(10)5-2-1-3-6(4-5)8(11)12;;/h1-4H,(H,9,10)(H,11,12);;. The van der Waals surface area contributed by atoms with Crippen molar-refractivity contribution in [3.05, 3.63) is 35.4 Å². The number of carboxylic acids is 2. The predicted molar refractivity (Wildman–Crippen MR) is 47.5 cm³/mol. The molecule has 2 N–H and O–H groups in total. The van der Waals surface area contributed by atoms with Crippen LogP contribution >= 0.6 is 0 Å². The molecule has 0 saturated heterocycles. The molecule has 0 aliphatic heterocycles. The van der Waals surface area contributed by atoms with Crippen LogP contribution in [0.4, 0.5) is 0 Å². The molecule has 1 rings (SSSR count). The molecule has 1 aromatic rings. The number of hydrogen-bond acceptors (Lipinski definition) is 2. The Bertz CT molecular complexity index is 305. The number of hydrogen-bond donors (Lipinski definition) is 2. The monoisotopic (exact) mass is 206 g/mol. The third-order valence-electron chi connectivity index (χ3n) is 1.36. The molecule has 1 aromatic carbocycles. The molecule has 0 bridgehead atoms. The molecule has 0 aliphatic carbocycles. The van der Waals surface area contributed by atoms with E-state index in [9.17, 15) is 9.59 Å². The van der Waals surface area contributed by atoms with Gasteiger partial charge >= 0.3 is 63.3 Å². The van der Waals surface area contributed by atoms with Gasteiger partial charge in [0.25, 0.3) is 0 Å². The number of aromatic carboxylic acids is 2. The normalized spacial score (nSPS) is 8.62. The molecule has 5 heteroatoms. The van der Waals surface area contributed by atoms with E-state index in [0.29, 0.717) is 0 Å². The van der Waals surface area contributed by atoms with Gasteiger partial charge in [0.1, 0.15) is 0 Å². The summed E-state index contributed by atoms with van der Waals surface area (Å²) in [5, 5.41) is 17.0. The zero-order chi connectivity index (χ0) is 9.14. The average molecular weight is 206 g/mol. The van der Waals surface area contributed by atoms with Crippen LogP contribution in [0.2, 0.25) is 0 Å². The molecule has 0 unspecified atom stereocenters. The third kappa shape index (κ3) is 3.57. The van der Waals surface area contributed by atoms with Crippen LogP contribution in [-0.2, 0) is 0 Å². The number of rotatable bonds is 2. The van der Waals surface area contributed by atoms with Gasteiger partial charge in [-0.05, 0) is 18.2 Å². The molecule has 13 heavy (non-hydrogen) atoms. The van der Waals surface area contributed by atoms with Crippen molar-refractivity contribution in [2.24, 2.45) is 0 Å². The van der Waals surface area contributed by atoms with Crippen molar-refractivity contribution in [3.63, 3.8) is 0 Å². The Labute approximate surface area is 117 Å². The van der Waals surface area contributed by atoms with E-state index >= 15 is 0 Å². The molecule has 0 heterocycles. The Morgan fingerprint density at radius 2 is 1.38 bits per heavy atom. The molecule has 0 radical (unpaired) electrons. The second-order valence-electron chi connectivity index (χ2n) is 2.19. The van der Waals surface area contributed by atoms with Gasteiger partial charge in [0.05, 0.1) is 11.1 Å². The molecule has 0 amide bonds. The van der Waals surface area contributed by atoms with Crippen molar-refractivity contribution in [1.82, 2.24) is 0 Å².